The van der Waals surface area contributed by atoms with Gasteiger partial charge < -0.3 is 25.4 Å². The summed E-state index contributed by atoms with van der Waals surface area (Å²) in [6, 6.07) is 22.3. The Labute approximate surface area is 242 Å². The number of benzene rings is 3. The van der Waals surface area contributed by atoms with Gasteiger partial charge in [0, 0.05) is 19.5 Å². The summed E-state index contributed by atoms with van der Waals surface area (Å²) in [7, 11) is 0. The molecule has 0 bridgehead atoms. The van der Waals surface area contributed by atoms with Crippen molar-refractivity contribution < 1.29 is 24.2 Å². The summed E-state index contributed by atoms with van der Waals surface area (Å²) in [5.41, 5.74) is 3.44. The van der Waals surface area contributed by atoms with Crippen LogP contribution in [0.3, 0.4) is 0 Å². The molecule has 2 unspecified atom stereocenters. The number of carbonyl (C=O) groups is 3. The Kier molecular flexibility index (Phi) is 11.1. The zero-order chi connectivity index (χ0) is 30.0. The molecule has 0 radical (unpaired) electrons. The second-order valence-electron chi connectivity index (χ2n) is 11.0. The molecule has 41 heavy (non-hydrogen) atoms. The van der Waals surface area contributed by atoms with E-state index in [2.05, 4.69) is 10.6 Å². The van der Waals surface area contributed by atoms with Gasteiger partial charge in [-0.2, -0.15) is 0 Å². The van der Waals surface area contributed by atoms with E-state index in [1.54, 1.807) is 20.8 Å². The third-order valence-electron chi connectivity index (χ3n) is 6.71. The zero-order valence-corrected chi connectivity index (χ0v) is 24.5. The van der Waals surface area contributed by atoms with Crippen LogP contribution in [0.2, 0.25) is 0 Å². The number of hydrogen-bond donors (Lipinski definition) is 3. The van der Waals surface area contributed by atoms with Crippen molar-refractivity contribution in [3.8, 4) is 0 Å². The lowest BCUT2D eigenvalue weighted by atomic mass is 9.94. The maximum atomic E-state index is 14.3. The third kappa shape index (κ3) is 9.18. The molecule has 8 nitrogen and oxygen atoms in total. The van der Waals surface area contributed by atoms with Crippen molar-refractivity contribution in [1.29, 1.82) is 0 Å². The first-order chi connectivity index (χ1) is 19.5. The molecule has 0 saturated heterocycles. The summed E-state index contributed by atoms with van der Waals surface area (Å²) in [6.45, 7) is 8.86. The third-order valence-corrected chi connectivity index (χ3v) is 6.71. The molecule has 2 atom stereocenters. The van der Waals surface area contributed by atoms with Crippen LogP contribution in [0, 0.1) is 13.8 Å². The maximum absolute atomic E-state index is 14.3. The number of nitrogens with zero attached hydrogens (tertiary/aromatic N) is 1. The number of aryl methyl sites for hydroxylation is 1. The number of rotatable bonds is 11. The number of hydrogen-bond acceptors (Lipinski definition) is 5. The van der Waals surface area contributed by atoms with Crippen LogP contribution in [0.1, 0.15) is 54.6 Å². The van der Waals surface area contributed by atoms with E-state index in [4.69, 9.17) is 4.74 Å². The van der Waals surface area contributed by atoms with Gasteiger partial charge in [-0.15, -0.1) is 0 Å². The van der Waals surface area contributed by atoms with Gasteiger partial charge in [-0.1, -0.05) is 78.9 Å². The quantitative estimate of drug-likeness (QED) is 0.318. The molecule has 0 fully saturated rings. The number of aliphatic hydroxyl groups is 1. The minimum Gasteiger partial charge on any atom is -0.444 e. The number of amides is 3. The Hall–Kier alpha value is -4.17. The average Bonchev–Trinajstić information content (AvgIpc) is 2.93. The molecule has 3 aromatic carbocycles. The van der Waals surface area contributed by atoms with Gasteiger partial charge >= 0.3 is 6.09 Å². The highest BCUT2D eigenvalue weighted by molar-refractivity contribution is 5.92. The number of alkyl carbamates (subject to hydrolysis) is 1. The van der Waals surface area contributed by atoms with Crippen LogP contribution in [-0.4, -0.2) is 52.7 Å². The van der Waals surface area contributed by atoms with Crippen molar-refractivity contribution in [2.75, 3.05) is 13.2 Å². The van der Waals surface area contributed by atoms with Crippen LogP contribution in [0.15, 0.2) is 78.9 Å². The number of carbonyl (C=O) groups excluding carboxylic acids is 3. The van der Waals surface area contributed by atoms with Crippen LogP contribution < -0.4 is 10.6 Å². The van der Waals surface area contributed by atoms with Crippen LogP contribution in [0.25, 0.3) is 0 Å². The van der Waals surface area contributed by atoms with Crippen molar-refractivity contribution in [2.45, 2.75) is 65.3 Å². The predicted molar refractivity (Wildman–Crippen MR) is 159 cm³/mol. The van der Waals surface area contributed by atoms with Gasteiger partial charge in [-0.25, -0.2) is 4.79 Å². The van der Waals surface area contributed by atoms with E-state index in [-0.39, 0.29) is 32.0 Å². The Morgan fingerprint density at radius 1 is 0.878 bits per heavy atom. The summed E-state index contributed by atoms with van der Waals surface area (Å²) in [4.78, 5) is 42.4. The molecule has 0 aliphatic rings. The first-order valence-electron chi connectivity index (χ1n) is 13.8. The molecule has 0 aromatic heterocycles. The van der Waals surface area contributed by atoms with Gasteiger partial charge in [0.2, 0.25) is 11.8 Å². The molecular weight excluding hydrogens is 518 g/mol. The second-order valence-corrected chi connectivity index (χ2v) is 11.0. The summed E-state index contributed by atoms with van der Waals surface area (Å²) in [5.74, 6) is -0.894. The predicted octanol–water partition coefficient (Wildman–Crippen LogP) is 4.62. The molecule has 3 amide bonds. The maximum Gasteiger partial charge on any atom is 0.408 e. The lowest BCUT2D eigenvalue weighted by Crippen LogP contribution is -2.54. The molecule has 8 heteroatoms. The van der Waals surface area contributed by atoms with Crippen molar-refractivity contribution >= 4 is 17.9 Å². The van der Waals surface area contributed by atoms with E-state index in [1.165, 1.54) is 4.90 Å². The Morgan fingerprint density at radius 2 is 1.49 bits per heavy atom. The molecule has 3 rings (SSSR count). The van der Waals surface area contributed by atoms with Crippen molar-refractivity contribution in [3.05, 3.63) is 107 Å². The highest BCUT2D eigenvalue weighted by Gasteiger charge is 2.37. The second kappa shape index (κ2) is 14.5. The van der Waals surface area contributed by atoms with Gasteiger partial charge in [0.25, 0.3) is 0 Å². The van der Waals surface area contributed by atoms with Gasteiger partial charge in [0.05, 0.1) is 6.61 Å². The Morgan fingerprint density at radius 3 is 2.07 bits per heavy atom. The smallest absolute Gasteiger partial charge is 0.408 e. The molecule has 0 aliphatic heterocycles. The molecule has 218 valence electrons. The Balaban J connectivity index is 2.02. The summed E-state index contributed by atoms with van der Waals surface area (Å²) in [6.07, 6.45) is -0.570. The van der Waals surface area contributed by atoms with E-state index < -0.39 is 29.7 Å². The monoisotopic (exact) mass is 559 g/mol. The normalized spacial score (nSPS) is 12.6. The van der Waals surface area contributed by atoms with Crippen LogP contribution in [0.5, 0.6) is 0 Å². The molecule has 0 aliphatic carbocycles. The average molecular weight is 560 g/mol. The van der Waals surface area contributed by atoms with Gasteiger partial charge in [-0.3, -0.25) is 9.59 Å². The fourth-order valence-electron chi connectivity index (χ4n) is 4.58. The molecule has 3 N–H and O–H groups in total. The first kappa shape index (κ1) is 31.4. The van der Waals surface area contributed by atoms with Crippen molar-refractivity contribution in [2.24, 2.45) is 0 Å². The summed E-state index contributed by atoms with van der Waals surface area (Å²) in [5, 5.41) is 15.8. The number of ether oxygens (including phenoxy) is 1. The van der Waals surface area contributed by atoms with E-state index in [0.717, 1.165) is 22.3 Å². The molecule has 0 saturated carbocycles. The van der Waals surface area contributed by atoms with E-state index in [9.17, 15) is 19.5 Å². The lowest BCUT2D eigenvalue weighted by Gasteiger charge is -2.35. The number of nitrogens with one attached hydrogen (secondary N) is 2. The standard InChI is InChI=1S/C33H41N3O5/c1-23-13-12-18-27(24(23)2)29(30(38)34-22-26-16-10-7-11-17-26)36(19-20-37)31(39)28(21-25-14-8-6-9-15-25)35-32(40)41-33(3,4)5/h6-18,28-29,37H,19-22H2,1-5H3,(H,34,38)(H,35,40). The zero-order valence-electron chi connectivity index (χ0n) is 24.5. The highest BCUT2D eigenvalue weighted by Crippen LogP contribution is 2.28. The molecular formula is C33H41N3O5. The van der Waals surface area contributed by atoms with Gasteiger partial charge in [0.1, 0.15) is 17.7 Å². The fraction of sp³-hybridized carbons (Fsp3) is 0.364. The number of aliphatic hydroxyl groups excluding tert-OH is 1. The Bertz CT molecular complexity index is 1310. The van der Waals surface area contributed by atoms with Crippen molar-refractivity contribution in [1.82, 2.24) is 15.5 Å². The summed E-state index contributed by atoms with van der Waals surface area (Å²) >= 11 is 0. The molecule has 0 spiro atoms. The minimum atomic E-state index is -1.05. The van der Waals surface area contributed by atoms with E-state index in [0.29, 0.717) is 5.56 Å². The van der Waals surface area contributed by atoms with E-state index >= 15 is 0 Å². The van der Waals surface area contributed by atoms with Crippen LogP contribution in [0.4, 0.5) is 4.79 Å². The van der Waals surface area contributed by atoms with Crippen molar-refractivity contribution in [3.63, 3.8) is 0 Å². The minimum absolute atomic E-state index is 0.114. The van der Waals surface area contributed by atoms with Crippen LogP contribution >= 0.6 is 0 Å². The largest absolute Gasteiger partial charge is 0.444 e. The van der Waals surface area contributed by atoms with Gasteiger partial charge in [-0.05, 0) is 62.4 Å². The van der Waals surface area contributed by atoms with Gasteiger partial charge in [0.15, 0.2) is 0 Å². The highest BCUT2D eigenvalue weighted by atomic mass is 16.6. The summed E-state index contributed by atoms with van der Waals surface area (Å²) < 4.78 is 5.46. The topological polar surface area (TPSA) is 108 Å². The molecule has 3 aromatic rings. The molecule has 0 heterocycles. The fourth-order valence-corrected chi connectivity index (χ4v) is 4.58. The lowest BCUT2D eigenvalue weighted by molar-refractivity contribution is -0.143. The first-order valence-corrected chi connectivity index (χ1v) is 13.8. The van der Waals surface area contributed by atoms with E-state index in [1.807, 2.05) is 92.7 Å². The SMILES string of the molecule is Cc1cccc(C(C(=O)NCc2ccccc2)N(CCO)C(=O)C(Cc2ccccc2)NC(=O)OC(C)(C)C)c1C. The van der Waals surface area contributed by atoms with Crippen LogP contribution in [-0.2, 0) is 27.3 Å².